The molecule has 0 amide bonds. The molecule has 0 radical (unpaired) electrons. The second-order valence-corrected chi connectivity index (χ2v) is 4.49. The van der Waals surface area contributed by atoms with Gasteiger partial charge in [-0.1, -0.05) is 0 Å². The van der Waals surface area contributed by atoms with Gasteiger partial charge in [0.15, 0.2) is 5.82 Å². The lowest BCUT2D eigenvalue weighted by Gasteiger charge is -2.26. The van der Waals surface area contributed by atoms with Crippen molar-refractivity contribution in [2.24, 2.45) is 0 Å². The van der Waals surface area contributed by atoms with Gasteiger partial charge >= 0.3 is 0 Å². The summed E-state index contributed by atoms with van der Waals surface area (Å²) in [7, 11) is 0. The van der Waals surface area contributed by atoms with Gasteiger partial charge < -0.3 is 9.88 Å². The number of rotatable bonds is 3. The molecule has 0 unspecified atom stereocenters. The van der Waals surface area contributed by atoms with E-state index in [1.165, 1.54) is 19.3 Å². The van der Waals surface area contributed by atoms with E-state index in [1.54, 1.807) is 12.4 Å². The maximum Gasteiger partial charge on any atom is 0.293 e. The Morgan fingerprint density at radius 2 is 2.13 bits per heavy atom. The van der Waals surface area contributed by atoms with Crippen LogP contribution >= 0.6 is 0 Å². The Labute approximate surface area is 88.3 Å². The molecule has 3 rings (SSSR count). The topological polar surface area (TPSA) is 46.9 Å². The predicted molar refractivity (Wildman–Crippen MR) is 58.0 cm³/mol. The molecule has 2 aliphatic carbocycles. The van der Waals surface area contributed by atoms with Crippen molar-refractivity contribution in [3.8, 4) is 0 Å². The summed E-state index contributed by atoms with van der Waals surface area (Å²) < 4.78 is 1.81. The van der Waals surface area contributed by atoms with Crippen molar-refractivity contribution in [2.45, 2.75) is 44.2 Å². The van der Waals surface area contributed by atoms with E-state index >= 15 is 0 Å². The van der Waals surface area contributed by atoms with Crippen LogP contribution in [0.25, 0.3) is 0 Å². The predicted octanol–water partition coefficient (Wildman–Crippen LogP) is 1.54. The van der Waals surface area contributed by atoms with Gasteiger partial charge in [-0.3, -0.25) is 4.79 Å². The van der Waals surface area contributed by atoms with Crippen LogP contribution in [0, 0.1) is 0 Å². The highest BCUT2D eigenvalue weighted by Gasteiger charge is 2.26. The van der Waals surface area contributed by atoms with Crippen molar-refractivity contribution >= 4 is 5.82 Å². The molecule has 0 bridgehead atoms. The number of hydrogen-bond donors (Lipinski definition) is 1. The van der Waals surface area contributed by atoms with Crippen LogP contribution in [0.15, 0.2) is 17.2 Å². The van der Waals surface area contributed by atoms with Crippen molar-refractivity contribution in [3.05, 3.63) is 22.7 Å². The summed E-state index contributed by atoms with van der Waals surface area (Å²) in [6.07, 6.45) is 9.38. The van der Waals surface area contributed by atoms with Crippen LogP contribution in [0.1, 0.15) is 38.1 Å². The van der Waals surface area contributed by atoms with E-state index in [4.69, 9.17) is 0 Å². The van der Waals surface area contributed by atoms with E-state index in [0.29, 0.717) is 17.9 Å². The first-order chi connectivity index (χ1) is 7.34. The smallest absolute Gasteiger partial charge is 0.293 e. The monoisotopic (exact) mass is 205 g/mol. The van der Waals surface area contributed by atoms with Gasteiger partial charge in [-0.2, -0.15) is 0 Å². The lowest BCUT2D eigenvalue weighted by molar-refractivity contribution is 0.443. The minimum Gasteiger partial charge on any atom is -0.363 e. The quantitative estimate of drug-likeness (QED) is 0.814. The first-order valence-corrected chi connectivity index (χ1v) is 5.68. The first kappa shape index (κ1) is 8.95. The summed E-state index contributed by atoms with van der Waals surface area (Å²) in [6, 6.07) is 0.905. The fourth-order valence-electron chi connectivity index (χ4n) is 1.91. The van der Waals surface area contributed by atoms with E-state index < -0.39 is 0 Å². The zero-order valence-electron chi connectivity index (χ0n) is 8.65. The van der Waals surface area contributed by atoms with Crippen LogP contribution in [-0.2, 0) is 0 Å². The first-order valence-electron chi connectivity index (χ1n) is 5.68. The molecule has 1 aromatic heterocycles. The lowest BCUT2D eigenvalue weighted by atomic mass is 9.93. The number of hydrogen-bond acceptors (Lipinski definition) is 3. The third-order valence-electron chi connectivity index (χ3n) is 3.25. The number of nitrogens with one attached hydrogen (secondary N) is 1. The molecule has 1 aromatic rings. The third kappa shape index (κ3) is 1.64. The average molecular weight is 205 g/mol. The second-order valence-electron chi connectivity index (χ2n) is 4.49. The van der Waals surface area contributed by atoms with Crippen LogP contribution < -0.4 is 10.9 Å². The van der Waals surface area contributed by atoms with Gasteiger partial charge in [0.1, 0.15) is 0 Å². The molecule has 0 spiro atoms. The van der Waals surface area contributed by atoms with Gasteiger partial charge in [0.05, 0.1) is 0 Å². The van der Waals surface area contributed by atoms with Crippen molar-refractivity contribution < 1.29 is 0 Å². The Balaban J connectivity index is 1.86. The van der Waals surface area contributed by atoms with Crippen LogP contribution in [0.2, 0.25) is 0 Å². The van der Waals surface area contributed by atoms with Gasteiger partial charge in [0.25, 0.3) is 5.56 Å². The SMILES string of the molecule is O=c1c(NC2CCC2)nccn1C1CC1. The molecule has 2 fully saturated rings. The maximum absolute atomic E-state index is 12.0. The fraction of sp³-hybridized carbons (Fsp3) is 0.636. The molecule has 0 atom stereocenters. The molecule has 4 heteroatoms. The number of aromatic nitrogens is 2. The van der Waals surface area contributed by atoms with E-state index in [1.807, 2.05) is 4.57 Å². The summed E-state index contributed by atoms with van der Waals surface area (Å²) in [5, 5.41) is 3.23. The second kappa shape index (κ2) is 3.36. The zero-order valence-corrected chi connectivity index (χ0v) is 8.65. The van der Waals surface area contributed by atoms with Gasteiger partial charge in [-0.25, -0.2) is 4.98 Å². The summed E-state index contributed by atoms with van der Waals surface area (Å²) >= 11 is 0. The molecule has 2 saturated carbocycles. The fourth-order valence-corrected chi connectivity index (χ4v) is 1.91. The highest BCUT2D eigenvalue weighted by Crippen LogP contribution is 2.33. The molecule has 0 saturated heterocycles. The molecule has 0 aliphatic heterocycles. The third-order valence-corrected chi connectivity index (χ3v) is 3.25. The van der Waals surface area contributed by atoms with E-state index in [-0.39, 0.29) is 5.56 Å². The molecule has 1 heterocycles. The highest BCUT2D eigenvalue weighted by atomic mass is 16.1. The van der Waals surface area contributed by atoms with Crippen molar-refractivity contribution in [2.75, 3.05) is 5.32 Å². The van der Waals surface area contributed by atoms with Crippen molar-refractivity contribution in [3.63, 3.8) is 0 Å². The van der Waals surface area contributed by atoms with E-state index in [9.17, 15) is 4.79 Å². The Morgan fingerprint density at radius 3 is 2.73 bits per heavy atom. The minimum atomic E-state index is 0.0481. The number of nitrogens with zero attached hydrogens (tertiary/aromatic N) is 2. The highest BCUT2D eigenvalue weighted by molar-refractivity contribution is 5.33. The average Bonchev–Trinajstić information content (AvgIpc) is 2.97. The molecule has 2 aliphatic rings. The molecular weight excluding hydrogens is 190 g/mol. The van der Waals surface area contributed by atoms with E-state index in [2.05, 4.69) is 10.3 Å². The standard InChI is InChI=1S/C11H15N3O/c15-11-10(13-8-2-1-3-8)12-6-7-14(11)9-4-5-9/h6-9H,1-5H2,(H,12,13). The largest absolute Gasteiger partial charge is 0.363 e. The minimum absolute atomic E-state index is 0.0481. The summed E-state index contributed by atoms with van der Waals surface area (Å²) in [6.45, 7) is 0. The Kier molecular flexibility index (Phi) is 2.01. The van der Waals surface area contributed by atoms with Gasteiger partial charge in [0.2, 0.25) is 0 Å². The molecular formula is C11H15N3O. The zero-order chi connectivity index (χ0) is 10.3. The van der Waals surface area contributed by atoms with Crippen LogP contribution in [0.4, 0.5) is 5.82 Å². The van der Waals surface area contributed by atoms with Crippen molar-refractivity contribution in [1.29, 1.82) is 0 Å². The van der Waals surface area contributed by atoms with Crippen molar-refractivity contribution in [1.82, 2.24) is 9.55 Å². The summed E-state index contributed by atoms with van der Waals surface area (Å²) in [4.78, 5) is 16.1. The van der Waals surface area contributed by atoms with Crippen LogP contribution in [0.5, 0.6) is 0 Å². The summed E-state index contributed by atoms with van der Waals surface area (Å²) in [5.41, 5.74) is 0.0481. The molecule has 0 aromatic carbocycles. The van der Waals surface area contributed by atoms with E-state index in [0.717, 1.165) is 12.8 Å². The van der Waals surface area contributed by atoms with Gasteiger partial charge in [-0.05, 0) is 32.1 Å². The molecule has 1 N–H and O–H groups in total. The molecule has 80 valence electrons. The van der Waals surface area contributed by atoms with Crippen LogP contribution in [-0.4, -0.2) is 15.6 Å². The number of anilines is 1. The molecule has 15 heavy (non-hydrogen) atoms. The maximum atomic E-state index is 12.0. The normalized spacial score (nSPS) is 21.1. The van der Waals surface area contributed by atoms with Gasteiger partial charge in [-0.15, -0.1) is 0 Å². The van der Waals surface area contributed by atoms with Crippen LogP contribution in [0.3, 0.4) is 0 Å². The summed E-state index contributed by atoms with van der Waals surface area (Å²) in [5.74, 6) is 0.536. The van der Waals surface area contributed by atoms with Gasteiger partial charge in [0, 0.05) is 24.5 Å². The Morgan fingerprint density at radius 1 is 1.33 bits per heavy atom. The molecule has 4 nitrogen and oxygen atoms in total. The lowest BCUT2D eigenvalue weighted by Crippen LogP contribution is -2.32. The Hall–Kier alpha value is -1.32. The Bertz CT molecular complexity index is 418.